The van der Waals surface area contributed by atoms with Gasteiger partial charge in [-0.05, 0) is 70.7 Å². The third-order valence-electron chi connectivity index (χ3n) is 4.87. The van der Waals surface area contributed by atoms with Crippen LogP contribution >= 0.6 is 0 Å². The molecule has 1 heterocycles. The number of hydrogen-bond donors (Lipinski definition) is 0. The van der Waals surface area contributed by atoms with Gasteiger partial charge >= 0.3 is 0 Å². The molecule has 0 aliphatic heterocycles. The Bertz CT molecular complexity index is 959. The molecule has 0 N–H and O–H groups in total. The second-order valence-corrected chi connectivity index (χ2v) is 7.65. The van der Waals surface area contributed by atoms with Gasteiger partial charge in [0.2, 0.25) is 0 Å². The highest BCUT2D eigenvalue weighted by molar-refractivity contribution is 5.71. The zero-order valence-corrected chi connectivity index (χ0v) is 17.1. The lowest BCUT2D eigenvalue weighted by Gasteiger charge is -2.14. The van der Waals surface area contributed by atoms with Gasteiger partial charge in [0.05, 0.1) is 23.3 Å². The van der Waals surface area contributed by atoms with Crippen LogP contribution in [0.1, 0.15) is 41.3 Å². The average Bonchev–Trinajstić information content (AvgIpc) is 2.59. The molecule has 0 saturated heterocycles. The molecule has 0 aliphatic rings. The van der Waals surface area contributed by atoms with Crippen molar-refractivity contribution >= 4 is 0 Å². The van der Waals surface area contributed by atoms with Crippen molar-refractivity contribution in [3.63, 3.8) is 0 Å². The van der Waals surface area contributed by atoms with E-state index in [1.165, 1.54) is 33.4 Å². The van der Waals surface area contributed by atoms with E-state index in [9.17, 15) is 0 Å². The van der Waals surface area contributed by atoms with Crippen molar-refractivity contribution in [1.82, 2.24) is 9.97 Å². The van der Waals surface area contributed by atoms with Crippen LogP contribution in [-0.4, -0.2) is 9.97 Å². The number of benzene rings is 2. The fourth-order valence-corrected chi connectivity index (χ4v) is 3.61. The lowest BCUT2D eigenvalue weighted by molar-refractivity contribution is 0.894. The minimum absolute atomic E-state index is 0.859. The summed E-state index contributed by atoms with van der Waals surface area (Å²) in [6, 6.07) is 13.0. The summed E-state index contributed by atoms with van der Waals surface area (Å²) in [7, 11) is 0. The normalized spacial score (nSPS) is 10.9. The molecule has 0 atom stereocenters. The highest BCUT2D eigenvalue weighted by atomic mass is 14.8. The molecule has 2 aromatic carbocycles. The number of allylic oxidation sites excluding steroid dienone is 1. The summed E-state index contributed by atoms with van der Waals surface area (Å²) in [5.41, 5.74) is 11.4. The molecular weight excluding hydrogens is 328 g/mol. The number of rotatable bonds is 5. The monoisotopic (exact) mass is 356 g/mol. The van der Waals surface area contributed by atoms with Gasteiger partial charge in [0.15, 0.2) is 0 Å². The SMILES string of the molecule is C=C(C)CCc1ncc(-c2c(C)cccc2C)nc1-c1cc(C)cc(C)c1. The number of aryl methyl sites for hydroxylation is 5. The molecule has 2 heteroatoms. The van der Waals surface area contributed by atoms with Crippen LogP contribution in [0.25, 0.3) is 22.5 Å². The van der Waals surface area contributed by atoms with Gasteiger partial charge in [-0.2, -0.15) is 0 Å². The summed E-state index contributed by atoms with van der Waals surface area (Å²) >= 11 is 0. The van der Waals surface area contributed by atoms with E-state index < -0.39 is 0 Å². The molecule has 0 bridgehead atoms. The summed E-state index contributed by atoms with van der Waals surface area (Å²) in [5, 5.41) is 0. The minimum Gasteiger partial charge on any atom is -0.257 e. The molecule has 27 heavy (non-hydrogen) atoms. The van der Waals surface area contributed by atoms with Crippen LogP contribution in [0, 0.1) is 27.7 Å². The van der Waals surface area contributed by atoms with E-state index in [-0.39, 0.29) is 0 Å². The quantitative estimate of drug-likeness (QED) is 0.484. The zero-order chi connectivity index (χ0) is 19.6. The molecule has 0 amide bonds. The van der Waals surface area contributed by atoms with Crippen LogP contribution in [0.3, 0.4) is 0 Å². The van der Waals surface area contributed by atoms with Crippen LogP contribution in [0.4, 0.5) is 0 Å². The van der Waals surface area contributed by atoms with Crippen LogP contribution in [0.5, 0.6) is 0 Å². The largest absolute Gasteiger partial charge is 0.257 e. The summed E-state index contributed by atoms with van der Waals surface area (Å²) in [6.07, 6.45) is 3.71. The van der Waals surface area contributed by atoms with Crippen LogP contribution in [-0.2, 0) is 6.42 Å². The van der Waals surface area contributed by atoms with E-state index in [0.717, 1.165) is 35.5 Å². The van der Waals surface area contributed by atoms with Gasteiger partial charge in [0.25, 0.3) is 0 Å². The van der Waals surface area contributed by atoms with Gasteiger partial charge < -0.3 is 0 Å². The van der Waals surface area contributed by atoms with Gasteiger partial charge in [-0.15, -0.1) is 6.58 Å². The van der Waals surface area contributed by atoms with E-state index >= 15 is 0 Å². The molecule has 0 unspecified atom stereocenters. The summed E-state index contributed by atoms with van der Waals surface area (Å²) in [5.74, 6) is 0. The van der Waals surface area contributed by atoms with Crippen molar-refractivity contribution < 1.29 is 0 Å². The Balaban J connectivity index is 2.18. The van der Waals surface area contributed by atoms with Crippen LogP contribution < -0.4 is 0 Å². The maximum atomic E-state index is 5.10. The van der Waals surface area contributed by atoms with E-state index in [2.05, 4.69) is 77.6 Å². The highest BCUT2D eigenvalue weighted by Crippen LogP contribution is 2.30. The molecule has 0 spiro atoms. The highest BCUT2D eigenvalue weighted by Gasteiger charge is 2.14. The standard InChI is InChI=1S/C25H28N2/c1-16(2)10-11-22-25(21-13-17(3)12-18(4)14-21)27-23(15-26-22)24-19(5)8-7-9-20(24)6/h7-9,12-15H,1,10-11H2,2-6H3. The van der Waals surface area contributed by atoms with Crippen molar-refractivity contribution in [2.75, 3.05) is 0 Å². The first-order valence-electron chi connectivity index (χ1n) is 9.50. The first-order chi connectivity index (χ1) is 12.8. The molecule has 1 aromatic heterocycles. The lowest BCUT2D eigenvalue weighted by atomic mass is 9.98. The maximum Gasteiger partial charge on any atom is 0.0925 e. The van der Waals surface area contributed by atoms with E-state index in [1.54, 1.807) is 0 Å². The van der Waals surface area contributed by atoms with Crippen molar-refractivity contribution in [1.29, 1.82) is 0 Å². The number of aromatic nitrogens is 2. The van der Waals surface area contributed by atoms with Crippen molar-refractivity contribution in [3.8, 4) is 22.5 Å². The fourth-order valence-electron chi connectivity index (χ4n) is 3.61. The summed E-state index contributed by atoms with van der Waals surface area (Å²) in [6.45, 7) is 14.6. The average molecular weight is 357 g/mol. The lowest BCUT2D eigenvalue weighted by Crippen LogP contribution is -2.02. The molecule has 0 aliphatic carbocycles. The third-order valence-corrected chi connectivity index (χ3v) is 4.87. The molecule has 0 saturated carbocycles. The predicted octanol–water partition coefficient (Wildman–Crippen LogP) is 6.55. The second kappa shape index (κ2) is 7.87. The van der Waals surface area contributed by atoms with Gasteiger partial charge in [-0.3, -0.25) is 4.98 Å². The molecule has 2 nitrogen and oxygen atoms in total. The fraction of sp³-hybridized carbons (Fsp3) is 0.280. The molecule has 3 aromatic rings. The van der Waals surface area contributed by atoms with Gasteiger partial charge in [0.1, 0.15) is 0 Å². The van der Waals surface area contributed by atoms with E-state index in [1.807, 2.05) is 6.20 Å². The molecule has 138 valence electrons. The second-order valence-electron chi connectivity index (χ2n) is 7.65. The van der Waals surface area contributed by atoms with Crippen LogP contribution in [0.15, 0.2) is 54.7 Å². The number of nitrogens with zero attached hydrogens (tertiary/aromatic N) is 2. The van der Waals surface area contributed by atoms with E-state index in [4.69, 9.17) is 9.97 Å². The molecule has 3 rings (SSSR count). The summed E-state index contributed by atoms with van der Waals surface area (Å²) < 4.78 is 0. The Morgan fingerprint density at radius 2 is 1.59 bits per heavy atom. The Morgan fingerprint density at radius 3 is 2.19 bits per heavy atom. The Kier molecular flexibility index (Phi) is 5.55. The molecular formula is C25H28N2. The van der Waals surface area contributed by atoms with Crippen LogP contribution in [0.2, 0.25) is 0 Å². The Labute approximate surface area is 163 Å². The zero-order valence-electron chi connectivity index (χ0n) is 17.1. The maximum absolute atomic E-state index is 5.10. The predicted molar refractivity (Wildman–Crippen MR) is 115 cm³/mol. The topological polar surface area (TPSA) is 25.8 Å². The third kappa shape index (κ3) is 4.33. The first-order valence-corrected chi connectivity index (χ1v) is 9.50. The molecule has 0 radical (unpaired) electrons. The van der Waals surface area contributed by atoms with E-state index in [0.29, 0.717) is 0 Å². The number of hydrogen-bond acceptors (Lipinski definition) is 2. The summed E-state index contributed by atoms with van der Waals surface area (Å²) in [4.78, 5) is 9.94. The Morgan fingerprint density at radius 1 is 0.963 bits per heavy atom. The van der Waals surface area contributed by atoms with Crippen molar-refractivity contribution in [3.05, 3.63) is 82.7 Å². The van der Waals surface area contributed by atoms with Gasteiger partial charge in [-0.25, -0.2) is 4.98 Å². The Hall–Kier alpha value is -2.74. The first kappa shape index (κ1) is 19.0. The molecule has 0 fully saturated rings. The van der Waals surface area contributed by atoms with Gasteiger partial charge in [-0.1, -0.05) is 41.0 Å². The van der Waals surface area contributed by atoms with Crippen molar-refractivity contribution in [2.45, 2.75) is 47.5 Å². The minimum atomic E-state index is 0.859. The van der Waals surface area contributed by atoms with Crippen molar-refractivity contribution in [2.24, 2.45) is 0 Å². The van der Waals surface area contributed by atoms with Gasteiger partial charge in [0, 0.05) is 11.1 Å². The smallest absolute Gasteiger partial charge is 0.0925 e.